The van der Waals surface area contributed by atoms with Crippen LogP contribution in [0.1, 0.15) is 45.2 Å². The zero-order chi connectivity index (χ0) is 21.0. The van der Waals surface area contributed by atoms with Crippen LogP contribution < -0.4 is 15.7 Å². The number of aryl methyl sites for hydroxylation is 2. The van der Waals surface area contributed by atoms with Gasteiger partial charge in [-0.05, 0) is 43.9 Å². The zero-order valence-electron chi connectivity index (χ0n) is 16.9. The van der Waals surface area contributed by atoms with Crippen LogP contribution in [0.4, 0.5) is 0 Å². The Labute approximate surface area is 163 Å². The number of carboxylic acid groups (broad SMARTS) is 1. The quantitative estimate of drug-likeness (QED) is 0.672. The standard InChI is InChI=1S/C21H27NO6/c1-6-7-14-10-17(23)28-19-12(4)16(9-8-15(14)19)27-13(5)20(24)22-18(11(2)3)21(25)26/h8-11,13,18H,6-7H2,1-5H3,(H,22,24)(H,25,26). The van der Waals surface area contributed by atoms with Gasteiger partial charge in [-0.2, -0.15) is 0 Å². The number of carbonyl (C=O) groups is 2. The molecule has 0 fully saturated rings. The Morgan fingerprint density at radius 2 is 1.93 bits per heavy atom. The van der Waals surface area contributed by atoms with Crippen LogP contribution in [0.15, 0.2) is 27.4 Å². The number of carbonyl (C=O) groups excluding carboxylic acids is 1. The number of carboxylic acids is 1. The minimum absolute atomic E-state index is 0.262. The molecule has 1 heterocycles. The van der Waals surface area contributed by atoms with Gasteiger partial charge in [0.2, 0.25) is 0 Å². The van der Waals surface area contributed by atoms with Gasteiger partial charge in [-0.25, -0.2) is 9.59 Å². The van der Waals surface area contributed by atoms with Crippen LogP contribution in [0.3, 0.4) is 0 Å². The molecule has 0 aliphatic heterocycles. The first-order chi connectivity index (χ1) is 13.1. The first kappa shape index (κ1) is 21.5. The van der Waals surface area contributed by atoms with Gasteiger partial charge in [-0.15, -0.1) is 0 Å². The van der Waals surface area contributed by atoms with Crippen LogP contribution in [0, 0.1) is 12.8 Å². The maximum absolute atomic E-state index is 12.4. The third-order valence-electron chi connectivity index (χ3n) is 4.62. The SMILES string of the molecule is CCCc1cc(=O)oc2c(C)c(OC(C)C(=O)NC(C(=O)O)C(C)C)ccc12. The van der Waals surface area contributed by atoms with E-state index >= 15 is 0 Å². The van der Waals surface area contributed by atoms with Crippen LogP contribution in [-0.4, -0.2) is 29.1 Å². The highest BCUT2D eigenvalue weighted by atomic mass is 16.5. The molecule has 0 spiro atoms. The van der Waals surface area contributed by atoms with E-state index < -0.39 is 29.6 Å². The Morgan fingerprint density at radius 3 is 2.50 bits per heavy atom. The molecule has 1 amide bonds. The summed E-state index contributed by atoms with van der Waals surface area (Å²) in [6.45, 7) is 8.77. The van der Waals surface area contributed by atoms with Crippen molar-refractivity contribution in [2.24, 2.45) is 5.92 Å². The van der Waals surface area contributed by atoms with E-state index in [1.165, 1.54) is 6.07 Å². The second-order valence-corrected chi connectivity index (χ2v) is 7.23. The van der Waals surface area contributed by atoms with E-state index in [2.05, 4.69) is 5.32 Å². The summed E-state index contributed by atoms with van der Waals surface area (Å²) in [5, 5.41) is 12.6. The van der Waals surface area contributed by atoms with E-state index in [1.807, 2.05) is 13.0 Å². The van der Waals surface area contributed by atoms with Crippen molar-refractivity contribution in [2.75, 3.05) is 0 Å². The van der Waals surface area contributed by atoms with Crippen LogP contribution in [0.2, 0.25) is 0 Å². The maximum atomic E-state index is 12.4. The number of hydrogen-bond donors (Lipinski definition) is 2. The van der Waals surface area contributed by atoms with Gasteiger partial charge in [0.1, 0.15) is 17.4 Å². The molecular formula is C21H27NO6. The van der Waals surface area contributed by atoms with Crippen molar-refractivity contribution in [3.05, 3.63) is 39.7 Å². The van der Waals surface area contributed by atoms with E-state index in [1.54, 1.807) is 33.8 Å². The van der Waals surface area contributed by atoms with E-state index in [0.29, 0.717) is 16.9 Å². The topological polar surface area (TPSA) is 106 Å². The highest BCUT2D eigenvalue weighted by Crippen LogP contribution is 2.29. The second kappa shape index (κ2) is 8.91. The van der Waals surface area contributed by atoms with Gasteiger partial charge in [-0.3, -0.25) is 4.79 Å². The summed E-state index contributed by atoms with van der Waals surface area (Å²) in [4.78, 5) is 35.5. The predicted molar refractivity (Wildman–Crippen MR) is 106 cm³/mol. The van der Waals surface area contributed by atoms with E-state index in [0.717, 1.165) is 23.8 Å². The summed E-state index contributed by atoms with van der Waals surface area (Å²) in [6, 6.07) is 4.05. The fraction of sp³-hybridized carbons (Fsp3) is 0.476. The van der Waals surface area contributed by atoms with Crippen molar-refractivity contribution < 1.29 is 23.8 Å². The minimum Gasteiger partial charge on any atom is -0.480 e. The van der Waals surface area contributed by atoms with E-state index in [-0.39, 0.29) is 5.92 Å². The lowest BCUT2D eigenvalue weighted by Gasteiger charge is -2.22. The third kappa shape index (κ3) is 4.71. The molecule has 0 bridgehead atoms. The van der Waals surface area contributed by atoms with Crippen molar-refractivity contribution in [3.8, 4) is 5.75 Å². The Morgan fingerprint density at radius 1 is 1.25 bits per heavy atom. The van der Waals surface area contributed by atoms with Crippen molar-refractivity contribution in [2.45, 2.75) is 59.6 Å². The Balaban J connectivity index is 2.28. The summed E-state index contributed by atoms with van der Waals surface area (Å²) < 4.78 is 11.1. The summed E-state index contributed by atoms with van der Waals surface area (Å²) in [6.07, 6.45) is 0.738. The molecule has 1 aromatic heterocycles. The molecule has 0 aliphatic carbocycles. The number of benzene rings is 1. The first-order valence-corrected chi connectivity index (χ1v) is 9.41. The summed E-state index contributed by atoms with van der Waals surface area (Å²) in [7, 11) is 0. The van der Waals surface area contributed by atoms with Crippen LogP contribution in [0.5, 0.6) is 5.75 Å². The smallest absolute Gasteiger partial charge is 0.336 e. The summed E-state index contributed by atoms with van der Waals surface area (Å²) in [5.41, 5.74) is 1.54. The normalized spacial score (nSPS) is 13.4. The molecule has 7 heteroatoms. The highest BCUT2D eigenvalue weighted by Gasteiger charge is 2.27. The lowest BCUT2D eigenvalue weighted by molar-refractivity contribution is -0.144. The average molecular weight is 389 g/mol. The second-order valence-electron chi connectivity index (χ2n) is 7.23. The molecule has 0 saturated heterocycles. The molecule has 1 aromatic carbocycles. The van der Waals surface area contributed by atoms with Crippen molar-refractivity contribution in [3.63, 3.8) is 0 Å². The molecule has 0 aliphatic rings. The maximum Gasteiger partial charge on any atom is 0.336 e. The molecular weight excluding hydrogens is 362 g/mol. The van der Waals surface area contributed by atoms with Gasteiger partial charge < -0.3 is 19.6 Å². The molecule has 2 unspecified atom stereocenters. The third-order valence-corrected chi connectivity index (χ3v) is 4.62. The van der Waals surface area contributed by atoms with Crippen LogP contribution in [0.25, 0.3) is 11.0 Å². The van der Waals surface area contributed by atoms with E-state index in [9.17, 15) is 19.5 Å². The van der Waals surface area contributed by atoms with Crippen molar-refractivity contribution in [1.29, 1.82) is 0 Å². The lowest BCUT2D eigenvalue weighted by Crippen LogP contribution is -2.48. The highest BCUT2D eigenvalue weighted by molar-refractivity contribution is 5.87. The molecule has 0 saturated carbocycles. The lowest BCUT2D eigenvalue weighted by atomic mass is 10.0. The van der Waals surface area contributed by atoms with Crippen molar-refractivity contribution in [1.82, 2.24) is 5.32 Å². The molecule has 7 nitrogen and oxygen atoms in total. The molecule has 2 N–H and O–H groups in total. The number of nitrogens with one attached hydrogen (secondary N) is 1. The van der Waals surface area contributed by atoms with Crippen LogP contribution in [-0.2, 0) is 16.0 Å². The summed E-state index contributed by atoms with van der Waals surface area (Å²) in [5.74, 6) is -1.48. The fourth-order valence-corrected chi connectivity index (χ4v) is 3.04. The number of fused-ring (bicyclic) bond motifs is 1. The van der Waals surface area contributed by atoms with Gasteiger partial charge in [0, 0.05) is 17.0 Å². The monoisotopic (exact) mass is 389 g/mol. The minimum atomic E-state index is -1.09. The number of aliphatic carboxylic acids is 1. The number of rotatable bonds is 8. The van der Waals surface area contributed by atoms with E-state index in [4.69, 9.17) is 9.15 Å². The fourth-order valence-electron chi connectivity index (χ4n) is 3.04. The van der Waals surface area contributed by atoms with Gasteiger partial charge in [-0.1, -0.05) is 27.2 Å². The number of ether oxygens (including phenoxy) is 1. The Kier molecular flexibility index (Phi) is 6.83. The molecule has 2 rings (SSSR count). The Bertz CT molecular complexity index is 930. The molecule has 152 valence electrons. The van der Waals surface area contributed by atoms with Crippen molar-refractivity contribution >= 4 is 22.8 Å². The number of hydrogen-bond acceptors (Lipinski definition) is 5. The molecule has 28 heavy (non-hydrogen) atoms. The molecule has 0 radical (unpaired) electrons. The van der Waals surface area contributed by atoms with Gasteiger partial charge >= 0.3 is 11.6 Å². The Hall–Kier alpha value is -2.83. The first-order valence-electron chi connectivity index (χ1n) is 9.41. The van der Waals surface area contributed by atoms with Gasteiger partial charge in [0.25, 0.3) is 5.91 Å². The zero-order valence-corrected chi connectivity index (χ0v) is 16.9. The molecule has 2 atom stereocenters. The largest absolute Gasteiger partial charge is 0.480 e. The van der Waals surface area contributed by atoms with Gasteiger partial charge in [0.05, 0.1) is 0 Å². The number of amides is 1. The van der Waals surface area contributed by atoms with Crippen LogP contribution >= 0.6 is 0 Å². The average Bonchev–Trinajstić information content (AvgIpc) is 2.61. The predicted octanol–water partition coefficient (Wildman–Crippen LogP) is 3.05. The van der Waals surface area contributed by atoms with Gasteiger partial charge in [0.15, 0.2) is 6.10 Å². The molecule has 2 aromatic rings. The summed E-state index contributed by atoms with van der Waals surface area (Å²) >= 11 is 0.